The maximum atomic E-state index is 13.2. The number of pyridine rings is 1. The van der Waals surface area contributed by atoms with Gasteiger partial charge in [-0.15, -0.1) is 0 Å². The molecule has 1 unspecified atom stereocenters. The number of halogens is 3. The third kappa shape index (κ3) is 6.10. The highest BCUT2D eigenvalue weighted by Crippen LogP contribution is 2.51. The van der Waals surface area contributed by atoms with Gasteiger partial charge >= 0.3 is 6.18 Å². The highest BCUT2D eigenvalue weighted by molar-refractivity contribution is 6.74. The minimum Gasteiger partial charge on any atom is -0.410 e. The molecule has 0 amide bonds. The van der Waals surface area contributed by atoms with Crippen LogP contribution in [0.4, 0.5) is 13.2 Å². The van der Waals surface area contributed by atoms with Crippen molar-refractivity contribution in [3.05, 3.63) is 70.0 Å². The SMILES string of the molecule is C=C(C)c1c2c(nc(C(C)C)c1[C@H](O)c1ccc(C(F)(F)F)cc1)CC(C)(C)CC2O[Si](C)(C)C(C)(C)C. The molecule has 1 heterocycles. The number of aromatic nitrogens is 1. The summed E-state index contributed by atoms with van der Waals surface area (Å²) in [5.74, 6) is -0.0118. The number of nitrogens with zero attached hydrogens (tertiary/aromatic N) is 1. The Morgan fingerprint density at radius 1 is 1.13 bits per heavy atom. The van der Waals surface area contributed by atoms with E-state index in [1.807, 2.05) is 20.8 Å². The second-order valence-electron chi connectivity index (χ2n) is 13.5. The maximum Gasteiger partial charge on any atom is 0.416 e. The van der Waals surface area contributed by atoms with Gasteiger partial charge in [-0.3, -0.25) is 4.98 Å². The zero-order chi connectivity index (χ0) is 29.0. The number of hydrogen-bond donors (Lipinski definition) is 1. The normalized spacial score (nSPS) is 18.9. The van der Waals surface area contributed by atoms with Crippen molar-refractivity contribution >= 4 is 13.9 Å². The maximum absolute atomic E-state index is 13.2. The van der Waals surface area contributed by atoms with E-state index in [1.54, 1.807) is 0 Å². The molecule has 38 heavy (non-hydrogen) atoms. The summed E-state index contributed by atoms with van der Waals surface area (Å²) in [6.07, 6.45) is -4.22. The second kappa shape index (κ2) is 10.2. The van der Waals surface area contributed by atoms with Crippen LogP contribution in [0.2, 0.25) is 18.1 Å². The summed E-state index contributed by atoms with van der Waals surface area (Å²) in [4.78, 5) is 5.15. The highest BCUT2D eigenvalue weighted by Gasteiger charge is 2.45. The molecular weight excluding hydrogens is 503 g/mol. The van der Waals surface area contributed by atoms with E-state index in [4.69, 9.17) is 9.41 Å². The van der Waals surface area contributed by atoms with E-state index in [0.29, 0.717) is 11.1 Å². The molecule has 2 atom stereocenters. The van der Waals surface area contributed by atoms with Crippen LogP contribution in [-0.4, -0.2) is 18.4 Å². The summed E-state index contributed by atoms with van der Waals surface area (Å²) in [7, 11) is -2.18. The highest BCUT2D eigenvalue weighted by atomic mass is 28.4. The van der Waals surface area contributed by atoms with Gasteiger partial charge in [0.25, 0.3) is 0 Å². The summed E-state index contributed by atoms with van der Waals surface area (Å²) in [6.45, 7) is 25.9. The Morgan fingerprint density at radius 3 is 2.13 bits per heavy atom. The zero-order valence-corrected chi connectivity index (χ0v) is 25.6. The fraction of sp³-hybridized carbons (Fsp3) is 0.581. The van der Waals surface area contributed by atoms with Gasteiger partial charge in [-0.25, -0.2) is 0 Å². The summed E-state index contributed by atoms with van der Waals surface area (Å²) in [5, 5.41) is 11.7. The van der Waals surface area contributed by atoms with Crippen molar-refractivity contribution in [3.63, 3.8) is 0 Å². The van der Waals surface area contributed by atoms with E-state index in [2.05, 4.69) is 54.3 Å². The van der Waals surface area contributed by atoms with Gasteiger partial charge < -0.3 is 9.53 Å². The molecule has 2 aromatic rings. The number of fused-ring (bicyclic) bond motifs is 1. The molecule has 1 aliphatic rings. The number of benzene rings is 1. The Balaban J connectivity index is 2.30. The lowest BCUT2D eigenvalue weighted by atomic mass is 9.71. The molecule has 0 saturated carbocycles. The van der Waals surface area contributed by atoms with Gasteiger partial charge in [-0.1, -0.05) is 72.8 Å². The number of hydrogen-bond acceptors (Lipinski definition) is 3. The number of allylic oxidation sites excluding steroid dienone is 1. The molecule has 1 aliphatic carbocycles. The molecule has 0 aliphatic heterocycles. The molecule has 3 nitrogen and oxygen atoms in total. The first-order valence-corrected chi connectivity index (χ1v) is 16.3. The van der Waals surface area contributed by atoms with Gasteiger partial charge in [0, 0.05) is 22.5 Å². The van der Waals surface area contributed by atoms with Gasteiger partial charge in [-0.2, -0.15) is 13.2 Å². The number of rotatable bonds is 6. The predicted molar refractivity (Wildman–Crippen MR) is 152 cm³/mol. The van der Waals surface area contributed by atoms with Crippen molar-refractivity contribution in [3.8, 4) is 0 Å². The lowest BCUT2D eigenvalue weighted by Crippen LogP contribution is -2.44. The standard InChI is InChI=1S/C31H44F3NO2Si/c1-18(2)24-25-22(16-30(8,9)17-23(25)37-38(10,11)29(5,6)7)35-27(19(3)4)26(24)28(36)20-12-14-21(15-13-20)31(32,33)34/h12-15,19,23,28,36H,1,16-17H2,2-11H3/t23?,28-/m1/s1. The van der Waals surface area contributed by atoms with Crippen molar-refractivity contribution in [2.24, 2.45) is 5.41 Å². The van der Waals surface area contributed by atoms with Crippen LogP contribution < -0.4 is 0 Å². The summed E-state index contributed by atoms with van der Waals surface area (Å²) in [5.41, 5.74) is 4.56. The fourth-order valence-electron chi connectivity index (χ4n) is 5.13. The first kappa shape index (κ1) is 30.6. The van der Waals surface area contributed by atoms with Crippen molar-refractivity contribution in [2.45, 2.75) is 111 Å². The molecule has 3 rings (SSSR count). The van der Waals surface area contributed by atoms with Crippen LogP contribution in [0.25, 0.3) is 5.57 Å². The Bertz CT molecular complexity index is 1190. The minimum atomic E-state index is -4.44. The van der Waals surface area contributed by atoms with Gasteiger partial charge in [0.15, 0.2) is 8.32 Å². The van der Waals surface area contributed by atoms with Gasteiger partial charge in [-0.05, 0) is 72.5 Å². The predicted octanol–water partition coefficient (Wildman–Crippen LogP) is 9.37. The molecule has 210 valence electrons. The molecule has 0 bridgehead atoms. The summed E-state index contributed by atoms with van der Waals surface area (Å²) < 4.78 is 46.6. The topological polar surface area (TPSA) is 42.4 Å². The molecule has 1 aromatic carbocycles. The monoisotopic (exact) mass is 547 g/mol. The molecule has 1 N–H and O–H groups in total. The smallest absolute Gasteiger partial charge is 0.410 e. The lowest BCUT2D eigenvalue weighted by molar-refractivity contribution is -0.137. The zero-order valence-electron chi connectivity index (χ0n) is 24.6. The first-order valence-electron chi connectivity index (χ1n) is 13.4. The quantitative estimate of drug-likeness (QED) is 0.366. The molecule has 0 radical (unpaired) electrons. The molecule has 0 fully saturated rings. The van der Waals surface area contributed by atoms with Gasteiger partial charge in [0.1, 0.15) is 6.10 Å². The van der Waals surface area contributed by atoms with E-state index in [1.165, 1.54) is 12.1 Å². The van der Waals surface area contributed by atoms with Crippen LogP contribution in [0.15, 0.2) is 30.8 Å². The lowest BCUT2D eigenvalue weighted by Gasteiger charge is -2.45. The van der Waals surface area contributed by atoms with Crippen LogP contribution in [0.3, 0.4) is 0 Å². The average Bonchev–Trinajstić information content (AvgIpc) is 2.74. The van der Waals surface area contributed by atoms with Gasteiger partial charge in [0.05, 0.1) is 11.7 Å². The van der Waals surface area contributed by atoms with Crippen molar-refractivity contribution in [1.82, 2.24) is 4.98 Å². The van der Waals surface area contributed by atoms with Crippen LogP contribution in [0.1, 0.15) is 119 Å². The number of aliphatic hydroxyl groups is 1. The Morgan fingerprint density at radius 2 is 1.68 bits per heavy atom. The molecule has 0 spiro atoms. The second-order valence-corrected chi connectivity index (χ2v) is 18.3. The third-order valence-electron chi connectivity index (χ3n) is 8.13. The summed E-state index contributed by atoms with van der Waals surface area (Å²) >= 11 is 0. The number of aliphatic hydroxyl groups excluding tert-OH is 1. The molecule has 7 heteroatoms. The van der Waals surface area contributed by atoms with Crippen molar-refractivity contribution in [1.29, 1.82) is 0 Å². The van der Waals surface area contributed by atoms with Gasteiger partial charge in [0.2, 0.25) is 0 Å². The Hall–Kier alpha value is -1.96. The van der Waals surface area contributed by atoms with E-state index < -0.39 is 26.2 Å². The third-order valence-corrected chi connectivity index (χ3v) is 12.6. The van der Waals surface area contributed by atoms with Crippen LogP contribution in [-0.2, 0) is 17.0 Å². The average molecular weight is 548 g/mol. The first-order chi connectivity index (χ1) is 17.2. The fourth-order valence-corrected chi connectivity index (χ4v) is 6.39. The summed E-state index contributed by atoms with van der Waals surface area (Å²) in [6, 6.07) is 4.75. The van der Waals surface area contributed by atoms with Crippen LogP contribution in [0, 0.1) is 5.41 Å². The minimum absolute atomic E-state index is 0.00597. The Kier molecular flexibility index (Phi) is 8.22. The number of alkyl halides is 3. The Labute approximate surface area is 227 Å². The van der Waals surface area contributed by atoms with Crippen LogP contribution in [0.5, 0.6) is 0 Å². The largest absolute Gasteiger partial charge is 0.416 e. The van der Waals surface area contributed by atoms with Crippen molar-refractivity contribution < 1.29 is 22.7 Å². The van der Waals surface area contributed by atoms with E-state index >= 15 is 0 Å². The van der Waals surface area contributed by atoms with E-state index in [-0.39, 0.29) is 22.5 Å². The molecule has 0 saturated heterocycles. The molecule has 1 aromatic heterocycles. The van der Waals surface area contributed by atoms with Crippen LogP contribution >= 0.6 is 0 Å². The van der Waals surface area contributed by atoms with Crippen molar-refractivity contribution in [2.75, 3.05) is 0 Å². The molecular formula is C31H44F3NO2Si. The van der Waals surface area contributed by atoms with E-state index in [0.717, 1.165) is 53.1 Å². The van der Waals surface area contributed by atoms with E-state index in [9.17, 15) is 18.3 Å².